The smallest absolute Gasteiger partial charge is 0.363 e. The van der Waals surface area contributed by atoms with E-state index in [1.54, 1.807) is 6.07 Å². The fourth-order valence-corrected chi connectivity index (χ4v) is 2.79. The molecule has 0 saturated heterocycles. The maximum absolute atomic E-state index is 13.8. The summed E-state index contributed by atoms with van der Waals surface area (Å²) in [5, 5.41) is 2.11. The van der Waals surface area contributed by atoms with Gasteiger partial charge in [-0.2, -0.15) is 0 Å². The van der Waals surface area contributed by atoms with Crippen LogP contribution in [-0.4, -0.2) is 19.0 Å². The second kappa shape index (κ2) is 6.44. The number of hydrogen-bond donors (Lipinski definition) is 0. The molecule has 26 heavy (non-hydrogen) atoms. The van der Waals surface area contributed by atoms with Crippen LogP contribution in [0.4, 0.5) is 4.39 Å². The van der Waals surface area contributed by atoms with Gasteiger partial charge in [-0.3, -0.25) is 0 Å². The Morgan fingerprint density at radius 2 is 1.85 bits per heavy atom. The van der Waals surface area contributed by atoms with Gasteiger partial charge in [0.05, 0.1) is 7.11 Å². The molecule has 0 N–H and O–H groups in total. The minimum Gasteiger partial charge on any atom is -0.494 e. The quantitative estimate of drug-likeness (QED) is 0.523. The van der Waals surface area contributed by atoms with Crippen LogP contribution in [0.2, 0.25) is 0 Å². The van der Waals surface area contributed by atoms with Crippen molar-refractivity contribution in [3.8, 4) is 5.75 Å². The summed E-state index contributed by atoms with van der Waals surface area (Å²) in [5.74, 6) is -0.696. The summed E-state index contributed by atoms with van der Waals surface area (Å²) in [5.41, 5.74) is 1.33. The maximum atomic E-state index is 13.8. The molecule has 4 rings (SSSR count). The fraction of sp³-hybridized carbons (Fsp3) is 0.0476. The van der Waals surface area contributed by atoms with Gasteiger partial charge in [0, 0.05) is 5.56 Å². The molecule has 3 aromatic carbocycles. The largest absolute Gasteiger partial charge is 0.494 e. The van der Waals surface area contributed by atoms with Gasteiger partial charge >= 0.3 is 5.97 Å². The predicted molar refractivity (Wildman–Crippen MR) is 97.5 cm³/mol. The topological polar surface area (TPSA) is 47.9 Å². The van der Waals surface area contributed by atoms with Crippen LogP contribution in [0.3, 0.4) is 0 Å². The van der Waals surface area contributed by atoms with Crippen LogP contribution >= 0.6 is 0 Å². The van der Waals surface area contributed by atoms with Crippen molar-refractivity contribution in [2.24, 2.45) is 4.99 Å². The zero-order valence-corrected chi connectivity index (χ0v) is 13.9. The molecule has 1 aliphatic heterocycles. The average molecular weight is 347 g/mol. The first-order valence-corrected chi connectivity index (χ1v) is 7.99. The number of carbonyl (C=O) groups is 1. The summed E-state index contributed by atoms with van der Waals surface area (Å²) >= 11 is 0. The highest BCUT2D eigenvalue weighted by Gasteiger charge is 2.24. The lowest BCUT2D eigenvalue weighted by molar-refractivity contribution is -0.129. The second-order valence-electron chi connectivity index (χ2n) is 5.79. The van der Waals surface area contributed by atoms with Crippen LogP contribution in [-0.2, 0) is 9.53 Å². The number of halogens is 1. The molecule has 0 saturated carbocycles. The summed E-state index contributed by atoms with van der Waals surface area (Å²) in [7, 11) is 1.39. The molecular weight excluding hydrogens is 333 g/mol. The third-order valence-corrected chi connectivity index (χ3v) is 4.10. The number of esters is 1. The van der Waals surface area contributed by atoms with Crippen LogP contribution in [0.1, 0.15) is 11.1 Å². The lowest BCUT2D eigenvalue weighted by Gasteiger charge is -2.02. The minimum atomic E-state index is -0.565. The number of methoxy groups -OCH3 is 1. The molecule has 128 valence electrons. The van der Waals surface area contributed by atoms with Crippen molar-refractivity contribution in [3.63, 3.8) is 0 Å². The van der Waals surface area contributed by atoms with Gasteiger partial charge < -0.3 is 9.47 Å². The van der Waals surface area contributed by atoms with E-state index in [4.69, 9.17) is 9.47 Å². The molecule has 0 aliphatic carbocycles. The van der Waals surface area contributed by atoms with E-state index in [1.165, 1.54) is 25.3 Å². The van der Waals surface area contributed by atoms with Gasteiger partial charge in [-0.15, -0.1) is 0 Å². The molecular formula is C21H14FNO3. The molecule has 0 bridgehead atoms. The predicted octanol–water partition coefficient (Wildman–Crippen LogP) is 4.33. The van der Waals surface area contributed by atoms with E-state index >= 15 is 0 Å². The molecule has 0 amide bonds. The van der Waals surface area contributed by atoms with Crippen molar-refractivity contribution in [3.05, 3.63) is 83.3 Å². The summed E-state index contributed by atoms with van der Waals surface area (Å²) in [6.07, 6.45) is 1.49. The first-order valence-electron chi connectivity index (χ1n) is 7.99. The van der Waals surface area contributed by atoms with Crippen molar-refractivity contribution >= 4 is 28.7 Å². The Labute approximate surface area is 149 Å². The Hall–Kier alpha value is -3.47. The Morgan fingerprint density at radius 1 is 1.04 bits per heavy atom. The summed E-state index contributed by atoms with van der Waals surface area (Å²) in [6.45, 7) is 0. The SMILES string of the molecule is COc1ccc(/C=C2\N=C(c3ccc4ccccc4c3)OC2=O)cc1F. The molecule has 1 heterocycles. The van der Waals surface area contributed by atoms with Crippen molar-refractivity contribution in [1.29, 1.82) is 0 Å². The Balaban J connectivity index is 1.69. The van der Waals surface area contributed by atoms with Crippen molar-refractivity contribution in [1.82, 2.24) is 0 Å². The summed E-state index contributed by atoms with van der Waals surface area (Å²) in [6, 6.07) is 18.0. The van der Waals surface area contributed by atoms with E-state index in [-0.39, 0.29) is 17.3 Å². The van der Waals surface area contributed by atoms with Gasteiger partial charge in [0.15, 0.2) is 17.3 Å². The highest BCUT2D eigenvalue weighted by molar-refractivity contribution is 6.13. The molecule has 0 fully saturated rings. The van der Waals surface area contributed by atoms with E-state index in [0.29, 0.717) is 11.1 Å². The van der Waals surface area contributed by atoms with Gasteiger partial charge in [0.2, 0.25) is 5.90 Å². The van der Waals surface area contributed by atoms with Crippen molar-refractivity contribution in [2.45, 2.75) is 0 Å². The third-order valence-electron chi connectivity index (χ3n) is 4.10. The minimum absolute atomic E-state index is 0.123. The fourth-order valence-electron chi connectivity index (χ4n) is 2.79. The summed E-state index contributed by atoms with van der Waals surface area (Å²) in [4.78, 5) is 16.4. The number of carbonyl (C=O) groups excluding carboxylic acids is 1. The third kappa shape index (κ3) is 2.95. The Bertz CT molecular complexity index is 1090. The number of benzene rings is 3. The molecule has 3 aromatic rings. The number of nitrogens with zero attached hydrogens (tertiary/aromatic N) is 1. The number of cyclic esters (lactones) is 1. The molecule has 0 aromatic heterocycles. The molecule has 4 nitrogen and oxygen atoms in total. The number of aliphatic imine (C=N–C) groups is 1. The monoisotopic (exact) mass is 347 g/mol. The maximum Gasteiger partial charge on any atom is 0.363 e. The average Bonchev–Trinajstić information content (AvgIpc) is 3.02. The molecule has 0 radical (unpaired) electrons. The lowest BCUT2D eigenvalue weighted by atomic mass is 10.1. The molecule has 0 spiro atoms. The molecule has 0 atom stereocenters. The van der Waals surface area contributed by atoms with Crippen molar-refractivity contribution < 1.29 is 18.7 Å². The zero-order chi connectivity index (χ0) is 18.1. The highest BCUT2D eigenvalue weighted by Crippen LogP contribution is 2.24. The standard InChI is InChI=1S/C21H14FNO3/c1-25-19-9-6-13(10-17(19)22)11-18-21(24)26-20(23-18)16-8-7-14-4-2-3-5-15(14)12-16/h2-12H,1H3/b18-11-. The number of fused-ring (bicyclic) bond motifs is 1. The Morgan fingerprint density at radius 3 is 2.62 bits per heavy atom. The van der Waals surface area contributed by atoms with Crippen LogP contribution < -0.4 is 4.74 Å². The lowest BCUT2D eigenvalue weighted by Crippen LogP contribution is -2.05. The van der Waals surface area contributed by atoms with Crippen LogP contribution in [0.25, 0.3) is 16.8 Å². The molecule has 1 aliphatic rings. The number of rotatable bonds is 3. The van der Waals surface area contributed by atoms with E-state index < -0.39 is 11.8 Å². The van der Waals surface area contributed by atoms with E-state index in [1.807, 2.05) is 42.5 Å². The van der Waals surface area contributed by atoms with Gasteiger partial charge in [0.1, 0.15) is 0 Å². The second-order valence-corrected chi connectivity index (χ2v) is 5.79. The normalized spacial score (nSPS) is 15.2. The molecule has 5 heteroatoms. The van der Waals surface area contributed by atoms with Crippen molar-refractivity contribution in [2.75, 3.05) is 7.11 Å². The van der Waals surface area contributed by atoms with E-state index in [2.05, 4.69) is 4.99 Å². The van der Waals surface area contributed by atoms with Gasteiger partial charge in [-0.1, -0.05) is 36.4 Å². The first kappa shape index (κ1) is 16.0. The molecule has 0 unspecified atom stereocenters. The highest BCUT2D eigenvalue weighted by atomic mass is 19.1. The van der Waals surface area contributed by atoms with Crippen LogP contribution in [0, 0.1) is 5.82 Å². The first-order chi connectivity index (χ1) is 12.6. The van der Waals surface area contributed by atoms with Gasteiger partial charge in [-0.25, -0.2) is 14.2 Å². The van der Waals surface area contributed by atoms with Gasteiger partial charge in [0.25, 0.3) is 0 Å². The van der Waals surface area contributed by atoms with E-state index in [9.17, 15) is 9.18 Å². The number of ether oxygens (including phenoxy) is 2. The van der Waals surface area contributed by atoms with Crippen LogP contribution in [0.15, 0.2) is 71.4 Å². The van der Waals surface area contributed by atoms with E-state index in [0.717, 1.165) is 10.8 Å². The van der Waals surface area contributed by atoms with Crippen LogP contribution in [0.5, 0.6) is 5.75 Å². The zero-order valence-electron chi connectivity index (χ0n) is 13.9. The summed E-state index contributed by atoms with van der Waals surface area (Å²) < 4.78 is 24.0. The Kier molecular flexibility index (Phi) is 3.97. The van der Waals surface area contributed by atoms with Gasteiger partial charge in [-0.05, 0) is 46.7 Å². The number of hydrogen-bond acceptors (Lipinski definition) is 4.